The molecule has 2 heterocycles. The molecule has 0 aliphatic carbocycles. The van der Waals surface area contributed by atoms with Gasteiger partial charge in [-0.05, 0) is 16.8 Å². The molecule has 0 aliphatic heterocycles. The molecule has 0 saturated carbocycles. The van der Waals surface area contributed by atoms with Gasteiger partial charge >= 0.3 is 0 Å². The van der Waals surface area contributed by atoms with Crippen LogP contribution in [-0.4, -0.2) is 0 Å². The molecule has 5 rings (SSSR count). The summed E-state index contributed by atoms with van der Waals surface area (Å²) >= 11 is 1.50. The highest BCUT2D eigenvalue weighted by Gasteiger charge is 2.15. The van der Waals surface area contributed by atoms with Gasteiger partial charge in [0.25, 0.3) is 0 Å². The summed E-state index contributed by atoms with van der Waals surface area (Å²) in [6.07, 6.45) is 0. The highest BCUT2D eigenvalue weighted by atomic mass is 32.1. The van der Waals surface area contributed by atoms with Gasteiger partial charge in [0.15, 0.2) is 5.58 Å². The van der Waals surface area contributed by atoms with E-state index in [1.54, 1.807) is 6.07 Å². The van der Waals surface area contributed by atoms with Crippen molar-refractivity contribution in [1.82, 2.24) is 0 Å². The summed E-state index contributed by atoms with van der Waals surface area (Å²) in [6.45, 7) is 0. The van der Waals surface area contributed by atoms with Crippen LogP contribution in [0.5, 0.6) is 0 Å². The van der Waals surface area contributed by atoms with Crippen molar-refractivity contribution in [3.63, 3.8) is 0 Å². The number of hydrogen-bond acceptors (Lipinski definition) is 3. The maximum atomic E-state index is 12.6. The summed E-state index contributed by atoms with van der Waals surface area (Å²) in [5, 5.41) is 3.30. The predicted octanol–water partition coefficient (Wildman–Crippen LogP) is 5.83. The Morgan fingerprint density at radius 1 is 0.833 bits per heavy atom. The number of rotatable bonds is 1. The third kappa shape index (κ3) is 1.92. The molecule has 0 fully saturated rings. The van der Waals surface area contributed by atoms with Crippen LogP contribution in [0, 0.1) is 0 Å². The van der Waals surface area contributed by atoms with Crippen molar-refractivity contribution in [2.75, 3.05) is 0 Å². The van der Waals surface area contributed by atoms with Crippen molar-refractivity contribution in [2.45, 2.75) is 0 Å². The summed E-state index contributed by atoms with van der Waals surface area (Å²) < 4.78 is 7.96. The van der Waals surface area contributed by atoms with Crippen molar-refractivity contribution in [3.05, 3.63) is 83.0 Å². The molecule has 3 heteroatoms. The van der Waals surface area contributed by atoms with Gasteiger partial charge in [-0.2, -0.15) is 0 Å². The van der Waals surface area contributed by atoms with Crippen LogP contribution in [-0.2, 0) is 0 Å². The van der Waals surface area contributed by atoms with Crippen molar-refractivity contribution in [2.24, 2.45) is 0 Å². The van der Waals surface area contributed by atoms with Crippen LogP contribution in [0.25, 0.3) is 42.5 Å². The molecule has 2 aromatic heterocycles. The molecule has 0 saturated heterocycles. The van der Waals surface area contributed by atoms with Crippen LogP contribution in [0.4, 0.5) is 0 Å². The number of hydrogen-bond donors (Lipinski definition) is 0. The minimum atomic E-state index is 0.0142. The van der Waals surface area contributed by atoms with Crippen LogP contribution in [0.2, 0.25) is 0 Å². The first-order valence-corrected chi connectivity index (χ1v) is 8.56. The molecule has 114 valence electrons. The van der Waals surface area contributed by atoms with Crippen molar-refractivity contribution >= 4 is 42.5 Å². The van der Waals surface area contributed by atoms with E-state index in [1.165, 1.54) is 11.3 Å². The lowest BCUT2D eigenvalue weighted by Gasteiger charge is -2.02. The lowest BCUT2D eigenvalue weighted by molar-refractivity contribution is 0.624. The Morgan fingerprint density at radius 3 is 2.50 bits per heavy atom. The van der Waals surface area contributed by atoms with E-state index in [4.69, 9.17) is 4.42 Å². The smallest absolute Gasteiger partial charge is 0.203 e. The van der Waals surface area contributed by atoms with E-state index in [9.17, 15) is 4.79 Å². The van der Waals surface area contributed by atoms with E-state index < -0.39 is 0 Å². The van der Waals surface area contributed by atoms with Gasteiger partial charge in [-0.1, -0.05) is 60.7 Å². The highest BCUT2D eigenvalue weighted by molar-refractivity contribution is 7.25. The first-order valence-electron chi connectivity index (χ1n) is 7.75. The molecule has 5 aromatic rings. The van der Waals surface area contributed by atoms with Crippen molar-refractivity contribution in [1.29, 1.82) is 0 Å². The fourth-order valence-electron chi connectivity index (χ4n) is 3.17. The average Bonchev–Trinajstić information content (AvgIpc) is 3.02. The lowest BCUT2D eigenvalue weighted by atomic mass is 10.1. The third-order valence-electron chi connectivity index (χ3n) is 4.29. The van der Waals surface area contributed by atoms with Gasteiger partial charge in [0.05, 0.1) is 0 Å². The zero-order chi connectivity index (χ0) is 16.1. The number of benzene rings is 3. The highest BCUT2D eigenvalue weighted by Crippen LogP contribution is 2.38. The Hall–Kier alpha value is -2.91. The Kier molecular flexibility index (Phi) is 2.84. The maximum Gasteiger partial charge on any atom is 0.203 e. The second-order valence-corrected chi connectivity index (χ2v) is 6.81. The SMILES string of the molecule is O=c1cc(-c2ccccc2)oc2c1sc1ccc3ccccc3c12. The van der Waals surface area contributed by atoms with Crippen LogP contribution >= 0.6 is 11.3 Å². The fourth-order valence-corrected chi connectivity index (χ4v) is 4.23. The quantitative estimate of drug-likeness (QED) is 0.387. The van der Waals surface area contributed by atoms with E-state index in [0.717, 1.165) is 26.4 Å². The van der Waals surface area contributed by atoms with Gasteiger partial charge in [-0.25, -0.2) is 0 Å². The van der Waals surface area contributed by atoms with Crippen LogP contribution in [0.1, 0.15) is 0 Å². The number of fused-ring (bicyclic) bond motifs is 5. The Labute approximate surface area is 141 Å². The molecule has 0 radical (unpaired) electrons. The van der Waals surface area contributed by atoms with Crippen LogP contribution < -0.4 is 5.43 Å². The molecule has 0 bridgehead atoms. The van der Waals surface area contributed by atoms with Gasteiger partial charge in [-0.15, -0.1) is 11.3 Å². The zero-order valence-corrected chi connectivity index (χ0v) is 13.5. The number of thiophene rings is 1. The van der Waals surface area contributed by atoms with Gasteiger partial charge in [0.1, 0.15) is 10.5 Å². The first-order chi connectivity index (χ1) is 11.8. The van der Waals surface area contributed by atoms with E-state index in [0.29, 0.717) is 16.0 Å². The lowest BCUT2D eigenvalue weighted by Crippen LogP contribution is -1.97. The second kappa shape index (κ2) is 5.05. The van der Waals surface area contributed by atoms with E-state index in [-0.39, 0.29) is 5.43 Å². The van der Waals surface area contributed by atoms with Gasteiger partial charge in [0.2, 0.25) is 5.43 Å². The fraction of sp³-hybridized carbons (Fsp3) is 0. The van der Waals surface area contributed by atoms with E-state index in [2.05, 4.69) is 24.3 Å². The summed E-state index contributed by atoms with van der Waals surface area (Å²) in [4.78, 5) is 12.6. The molecule has 0 N–H and O–H groups in total. The molecule has 2 nitrogen and oxygen atoms in total. The maximum absolute atomic E-state index is 12.6. The van der Waals surface area contributed by atoms with Crippen molar-refractivity contribution < 1.29 is 4.42 Å². The third-order valence-corrected chi connectivity index (χ3v) is 5.44. The summed E-state index contributed by atoms with van der Waals surface area (Å²) in [7, 11) is 0. The Bertz CT molecular complexity index is 1260. The predicted molar refractivity (Wildman–Crippen MR) is 101 cm³/mol. The minimum absolute atomic E-state index is 0.0142. The van der Waals surface area contributed by atoms with Crippen LogP contribution in [0.15, 0.2) is 82.0 Å². The first kappa shape index (κ1) is 13.5. The van der Waals surface area contributed by atoms with E-state index in [1.807, 2.05) is 42.5 Å². The largest absolute Gasteiger partial charge is 0.454 e. The van der Waals surface area contributed by atoms with E-state index >= 15 is 0 Å². The van der Waals surface area contributed by atoms with Gasteiger partial charge in [-0.3, -0.25) is 4.79 Å². The van der Waals surface area contributed by atoms with Gasteiger partial charge in [0, 0.05) is 21.7 Å². The standard InChI is InChI=1S/C21H12O2S/c22-16-12-17(14-7-2-1-3-8-14)23-20-19-15-9-5-4-6-13(15)10-11-18(19)24-21(16)20/h1-12H. The second-order valence-electron chi connectivity index (χ2n) is 5.76. The average molecular weight is 328 g/mol. The summed E-state index contributed by atoms with van der Waals surface area (Å²) in [5.74, 6) is 0.612. The molecular formula is C21H12O2S. The van der Waals surface area contributed by atoms with Crippen molar-refractivity contribution in [3.8, 4) is 11.3 Å². The topological polar surface area (TPSA) is 30.2 Å². The monoisotopic (exact) mass is 328 g/mol. The molecular weight excluding hydrogens is 316 g/mol. The molecule has 0 amide bonds. The Balaban J connectivity index is 1.97. The molecule has 0 aliphatic rings. The Morgan fingerprint density at radius 2 is 1.62 bits per heavy atom. The van der Waals surface area contributed by atoms with Crippen LogP contribution in [0.3, 0.4) is 0 Å². The summed E-state index contributed by atoms with van der Waals surface area (Å²) in [6, 6.07) is 23.7. The molecule has 0 spiro atoms. The molecule has 0 unspecified atom stereocenters. The molecule has 3 aromatic carbocycles. The minimum Gasteiger partial charge on any atom is -0.454 e. The van der Waals surface area contributed by atoms with Gasteiger partial charge < -0.3 is 4.42 Å². The normalized spacial score (nSPS) is 11.5. The molecule has 0 atom stereocenters. The molecule has 24 heavy (non-hydrogen) atoms. The summed E-state index contributed by atoms with van der Waals surface area (Å²) in [5.41, 5.74) is 1.62. The zero-order valence-electron chi connectivity index (χ0n) is 12.7.